The van der Waals surface area contributed by atoms with Crippen LogP contribution in [0.5, 0.6) is 0 Å². The molecule has 2 heterocycles. The van der Waals surface area contributed by atoms with Crippen molar-refractivity contribution in [1.82, 2.24) is 19.9 Å². The van der Waals surface area contributed by atoms with Crippen LogP contribution in [0.3, 0.4) is 0 Å². The van der Waals surface area contributed by atoms with E-state index < -0.39 is 0 Å². The third-order valence-electron chi connectivity index (χ3n) is 5.78. The third-order valence-corrected chi connectivity index (χ3v) is 7.77. The topological polar surface area (TPSA) is 57.4 Å². The van der Waals surface area contributed by atoms with Gasteiger partial charge in [0, 0.05) is 22.3 Å². The van der Waals surface area contributed by atoms with E-state index in [4.69, 9.17) is 9.97 Å². The molecule has 2 N–H and O–H groups in total. The van der Waals surface area contributed by atoms with Gasteiger partial charge in [-0.1, -0.05) is 121 Å². The van der Waals surface area contributed by atoms with Gasteiger partial charge in [-0.3, -0.25) is 0 Å². The number of aromatic amines is 2. The van der Waals surface area contributed by atoms with E-state index >= 15 is 0 Å². The Labute approximate surface area is 217 Å². The molecule has 0 amide bonds. The lowest BCUT2D eigenvalue weighted by molar-refractivity contribution is 1.06. The molecule has 6 heteroatoms. The molecule has 0 radical (unpaired) electrons. The summed E-state index contributed by atoms with van der Waals surface area (Å²) in [5.74, 6) is 0. The summed E-state index contributed by atoms with van der Waals surface area (Å²) in [7, 11) is 3.13. The van der Waals surface area contributed by atoms with Gasteiger partial charge in [0.2, 0.25) is 0 Å². The smallest absolute Gasteiger partial charge is 0.177 e. The van der Waals surface area contributed by atoms with E-state index in [1.165, 1.54) is 0 Å². The van der Waals surface area contributed by atoms with Crippen LogP contribution in [-0.4, -0.2) is 19.9 Å². The molecule has 0 atom stereocenters. The number of nitrogens with one attached hydrogen (secondary N) is 2. The number of H-pyrrole nitrogens is 2. The second-order valence-electron chi connectivity index (χ2n) is 8.16. The zero-order valence-corrected chi connectivity index (χ0v) is 20.9. The van der Waals surface area contributed by atoms with Crippen LogP contribution in [-0.2, 0) is 0 Å². The quantitative estimate of drug-likeness (QED) is 0.215. The predicted octanol–water partition coefficient (Wildman–Crippen LogP) is 8.60. The van der Waals surface area contributed by atoms with Crippen molar-refractivity contribution in [2.45, 2.75) is 10.3 Å². The van der Waals surface area contributed by atoms with Crippen LogP contribution in [0.1, 0.15) is 0 Å². The number of hydrogen-bond donors (Lipinski definition) is 2. The maximum atomic E-state index is 4.96. The SMILES string of the molecule is c1ccc(-c2nc(SSc3nc(-c4ccccc4)c(-c4ccccc4)[nH]3)[nH]c2-c2ccccc2)cc1. The molecule has 0 spiro atoms. The zero-order chi connectivity index (χ0) is 24.2. The molecule has 6 rings (SSSR count). The largest absolute Gasteiger partial charge is 0.332 e. The van der Waals surface area contributed by atoms with Crippen molar-refractivity contribution >= 4 is 21.6 Å². The van der Waals surface area contributed by atoms with Gasteiger partial charge in [0.1, 0.15) is 0 Å². The average molecular weight is 503 g/mol. The molecule has 6 aromatic rings. The summed E-state index contributed by atoms with van der Waals surface area (Å²) in [4.78, 5) is 17.0. The molecule has 0 aliphatic heterocycles. The van der Waals surface area contributed by atoms with Crippen LogP contribution in [0, 0.1) is 0 Å². The van der Waals surface area contributed by atoms with Crippen molar-refractivity contribution in [2.75, 3.05) is 0 Å². The van der Waals surface area contributed by atoms with E-state index in [0.29, 0.717) is 0 Å². The number of imidazole rings is 2. The zero-order valence-electron chi connectivity index (χ0n) is 19.3. The molecule has 36 heavy (non-hydrogen) atoms. The monoisotopic (exact) mass is 502 g/mol. The van der Waals surface area contributed by atoms with Crippen LogP contribution in [0.15, 0.2) is 132 Å². The van der Waals surface area contributed by atoms with Crippen molar-refractivity contribution in [2.24, 2.45) is 0 Å². The highest BCUT2D eigenvalue weighted by molar-refractivity contribution is 8.76. The van der Waals surface area contributed by atoms with Crippen LogP contribution in [0.2, 0.25) is 0 Å². The Hall–Kier alpha value is -4.00. The lowest BCUT2D eigenvalue weighted by Crippen LogP contribution is -1.82. The van der Waals surface area contributed by atoms with E-state index in [0.717, 1.165) is 55.3 Å². The van der Waals surface area contributed by atoms with Gasteiger partial charge >= 0.3 is 0 Å². The van der Waals surface area contributed by atoms with Gasteiger partial charge in [0.05, 0.1) is 22.8 Å². The highest BCUT2D eigenvalue weighted by Crippen LogP contribution is 2.41. The molecule has 174 valence electrons. The Bertz CT molecular complexity index is 1330. The lowest BCUT2D eigenvalue weighted by Gasteiger charge is -2.02. The molecule has 4 aromatic carbocycles. The molecule has 0 aliphatic carbocycles. The van der Waals surface area contributed by atoms with E-state index in [2.05, 4.69) is 58.5 Å². The summed E-state index contributed by atoms with van der Waals surface area (Å²) in [5.41, 5.74) is 8.30. The Balaban J connectivity index is 1.33. The van der Waals surface area contributed by atoms with Crippen LogP contribution in [0.4, 0.5) is 0 Å². The first kappa shape index (κ1) is 22.5. The standard InChI is InChI=1S/C30H22N4S2/c1-5-13-21(14-6-1)25-26(22-15-7-2-8-16-22)32-29(31-25)35-36-30-33-27(23-17-9-3-10-18-23)28(34-30)24-19-11-4-12-20-24/h1-20H,(H,31,32)(H,33,34). The third kappa shape index (κ3) is 4.73. The van der Waals surface area contributed by atoms with Crippen molar-refractivity contribution in [1.29, 1.82) is 0 Å². The fourth-order valence-corrected chi connectivity index (χ4v) is 5.75. The summed E-state index contributed by atoms with van der Waals surface area (Å²) in [5, 5.41) is 1.66. The second-order valence-corrected chi connectivity index (χ2v) is 10.3. The summed E-state index contributed by atoms with van der Waals surface area (Å²) in [6.45, 7) is 0. The molecule has 0 aliphatic rings. The number of nitrogens with zero attached hydrogens (tertiary/aromatic N) is 2. The first-order valence-corrected chi connectivity index (χ1v) is 13.8. The van der Waals surface area contributed by atoms with Gasteiger partial charge in [-0.25, -0.2) is 9.97 Å². The molecule has 0 unspecified atom stereocenters. The Morgan fingerprint density at radius 3 is 1.03 bits per heavy atom. The van der Waals surface area contributed by atoms with Gasteiger partial charge < -0.3 is 9.97 Å². The Morgan fingerprint density at radius 1 is 0.389 bits per heavy atom. The number of rotatable bonds is 7. The fourth-order valence-electron chi connectivity index (χ4n) is 4.10. The van der Waals surface area contributed by atoms with Crippen molar-refractivity contribution < 1.29 is 0 Å². The van der Waals surface area contributed by atoms with Crippen LogP contribution < -0.4 is 0 Å². The molecule has 0 saturated heterocycles. The van der Waals surface area contributed by atoms with Crippen LogP contribution in [0.25, 0.3) is 45.0 Å². The average Bonchev–Trinajstić information content (AvgIpc) is 3.59. The van der Waals surface area contributed by atoms with E-state index in [-0.39, 0.29) is 0 Å². The minimum absolute atomic E-state index is 0.830. The normalized spacial score (nSPS) is 11.0. The number of benzene rings is 4. The Kier molecular flexibility index (Phi) is 6.44. The van der Waals surface area contributed by atoms with E-state index in [1.807, 2.05) is 72.8 Å². The van der Waals surface area contributed by atoms with Gasteiger partial charge in [0.25, 0.3) is 0 Å². The molecular weight excluding hydrogens is 480 g/mol. The molecule has 0 saturated carbocycles. The number of hydrogen-bond acceptors (Lipinski definition) is 4. The lowest BCUT2D eigenvalue weighted by atomic mass is 10.1. The van der Waals surface area contributed by atoms with E-state index in [1.54, 1.807) is 21.6 Å². The second kappa shape index (κ2) is 10.3. The van der Waals surface area contributed by atoms with Crippen LogP contribution >= 0.6 is 21.6 Å². The fraction of sp³-hybridized carbons (Fsp3) is 0. The highest BCUT2D eigenvalue weighted by Gasteiger charge is 2.18. The molecular formula is C30H22N4S2. The maximum Gasteiger partial charge on any atom is 0.177 e. The minimum atomic E-state index is 0.830. The van der Waals surface area contributed by atoms with Gasteiger partial charge in [0.15, 0.2) is 10.3 Å². The molecule has 4 nitrogen and oxygen atoms in total. The summed E-state index contributed by atoms with van der Waals surface area (Å²) < 4.78 is 0. The first-order chi connectivity index (χ1) is 17.8. The van der Waals surface area contributed by atoms with Crippen molar-refractivity contribution in [3.63, 3.8) is 0 Å². The van der Waals surface area contributed by atoms with E-state index in [9.17, 15) is 0 Å². The van der Waals surface area contributed by atoms with Crippen molar-refractivity contribution in [3.8, 4) is 45.0 Å². The highest BCUT2D eigenvalue weighted by atomic mass is 33.1. The Morgan fingerprint density at radius 2 is 0.694 bits per heavy atom. The van der Waals surface area contributed by atoms with Gasteiger partial charge in [-0.05, 0) is 21.6 Å². The number of aromatic nitrogens is 4. The summed E-state index contributed by atoms with van der Waals surface area (Å²) in [6, 6.07) is 41.2. The van der Waals surface area contributed by atoms with Crippen molar-refractivity contribution in [3.05, 3.63) is 121 Å². The van der Waals surface area contributed by atoms with Gasteiger partial charge in [-0.2, -0.15) is 0 Å². The summed E-state index contributed by atoms with van der Waals surface area (Å²) in [6.07, 6.45) is 0. The molecule has 2 aromatic heterocycles. The minimum Gasteiger partial charge on any atom is -0.332 e. The predicted molar refractivity (Wildman–Crippen MR) is 151 cm³/mol. The van der Waals surface area contributed by atoms with Gasteiger partial charge in [-0.15, -0.1) is 0 Å². The summed E-state index contributed by atoms with van der Waals surface area (Å²) >= 11 is 0. The first-order valence-electron chi connectivity index (χ1n) is 11.6. The maximum absolute atomic E-state index is 4.96. The molecule has 0 fully saturated rings. The molecule has 0 bridgehead atoms.